The van der Waals surface area contributed by atoms with Crippen LogP contribution in [0.2, 0.25) is 0 Å². The molecule has 1 aromatic heterocycles. The van der Waals surface area contributed by atoms with Crippen LogP contribution in [0.15, 0.2) is 53.7 Å². The van der Waals surface area contributed by atoms with E-state index in [9.17, 15) is 0 Å². The number of pyridine rings is 1. The third-order valence-corrected chi connectivity index (χ3v) is 4.79. The van der Waals surface area contributed by atoms with Crippen molar-refractivity contribution < 1.29 is 0 Å². The average Bonchev–Trinajstić information content (AvgIpc) is 3.40. The summed E-state index contributed by atoms with van der Waals surface area (Å²) in [6.45, 7) is 3.96. The van der Waals surface area contributed by atoms with Gasteiger partial charge < -0.3 is 10.6 Å². The van der Waals surface area contributed by atoms with Crippen molar-refractivity contribution in [1.29, 1.82) is 0 Å². The summed E-state index contributed by atoms with van der Waals surface area (Å²) in [6.07, 6.45) is 5.22. The molecule has 4 nitrogen and oxygen atoms in total. The van der Waals surface area contributed by atoms with Crippen LogP contribution in [-0.2, 0) is 11.8 Å². The highest BCUT2D eigenvalue weighted by atomic mass is 15.2. The molecule has 1 aliphatic carbocycles. The summed E-state index contributed by atoms with van der Waals surface area (Å²) >= 11 is 0. The van der Waals surface area contributed by atoms with Crippen LogP contribution in [-0.4, -0.2) is 31.1 Å². The molecular formula is C20H26N4. The summed E-state index contributed by atoms with van der Waals surface area (Å²) in [7, 11) is 1.82. The second-order valence-corrected chi connectivity index (χ2v) is 6.52. The number of aromatic nitrogens is 1. The lowest BCUT2D eigenvalue weighted by molar-refractivity contribution is 0.641. The minimum absolute atomic E-state index is 0.282. The van der Waals surface area contributed by atoms with Crippen molar-refractivity contribution >= 4 is 5.96 Å². The molecule has 2 aromatic rings. The van der Waals surface area contributed by atoms with E-state index in [-0.39, 0.29) is 5.41 Å². The SMILES string of the molecule is CN=C(NCCc1ccccn1)NCC1(c2ccccc2C)CC1. The number of guanidine groups is 1. The third-order valence-electron chi connectivity index (χ3n) is 4.79. The zero-order chi connectivity index (χ0) is 16.8. The first-order valence-electron chi connectivity index (χ1n) is 8.64. The topological polar surface area (TPSA) is 49.3 Å². The van der Waals surface area contributed by atoms with Gasteiger partial charge in [-0.1, -0.05) is 30.3 Å². The van der Waals surface area contributed by atoms with E-state index in [4.69, 9.17) is 0 Å². The maximum absolute atomic E-state index is 4.35. The first kappa shape index (κ1) is 16.5. The van der Waals surface area contributed by atoms with E-state index in [0.29, 0.717) is 0 Å². The largest absolute Gasteiger partial charge is 0.356 e. The summed E-state index contributed by atoms with van der Waals surface area (Å²) in [5.74, 6) is 0.866. The Labute approximate surface area is 144 Å². The van der Waals surface area contributed by atoms with Gasteiger partial charge in [-0.2, -0.15) is 0 Å². The van der Waals surface area contributed by atoms with Crippen LogP contribution in [0.25, 0.3) is 0 Å². The Balaban J connectivity index is 1.51. The molecule has 4 heteroatoms. The standard InChI is InChI=1S/C20H26N4/c1-16-7-3-4-9-18(16)20(11-12-20)15-24-19(21-2)23-14-10-17-8-5-6-13-22-17/h3-9,13H,10-12,14-15H2,1-2H3,(H2,21,23,24). The molecule has 1 fully saturated rings. The van der Waals surface area contributed by atoms with Crippen molar-refractivity contribution in [3.8, 4) is 0 Å². The monoisotopic (exact) mass is 322 g/mol. The van der Waals surface area contributed by atoms with Crippen LogP contribution in [0.1, 0.15) is 29.7 Å². The molecule has 1 saturated carbocycles. The quantitative estimate of drug-likeness (QED) is 0.635. The number of nitrogens with zero attached hydrogens (tertiary/aromatic N) is 2. The van der Waals surface area contributed by atoms with Gasteiger partial charge in [-0.3, -0.25) is 9.98 Å². The minimum atomic E-state index is 0.282. The van der Waals surface area contributed by atoms with Crippen LogP contribution in [0, 0.1) is 6.92 Å². The van der Waals surface area contributed by atoms with Gasteiger partial charge in [0.15, 0.2) is 5.96 Å². The van der Waals surface area contributed by atoms with Crippen LogP contribution < -0.4 is 10.6 Å². The van der Waals surface area contributed by atoms with Gasteiger partial charge in [-0.05, 0) is 43.0 Å². The van der Waals surface area contributed by atoms with Gasteiger partial charge in [0.25, 0.3) is 0 Å². The predicted octanol–water partition coefficient (Wildman–Crippen LogP) is 2.83. The molecule has 0 atom stereocenters. The molecule has 0 spiro atoms. The Morgan fingerprint density at radius 2 is 1.92 bits per heavy atom. The van der Waals surface area contributed by atoms with Gasteiger partial charge >= 0.3 is 0 Å². The van der Waals surface area contributed by atoms with E-state index in [1.807, 2.05) is 25.4 Å². The molecule has 24 heavy (non-hydrogen) atoms. The zero-order valence-corrected chi connectivity index (χ0v) is 14.5. The highest BCUT2D eigenvalue weighted by Gasteiger charge is 2.44. The third kappa shape index (κ3) is 3.94. The van der Waals surface area contributed by atoms with Gasteiger partial charge in [0.05, 0.1) is 0 Å². The molecule has 0 bridgehead atoms. The van der Waals surface area contributed by atoms with Crippen LogP contribution in [0.3, 0.4) is 0 Å². The number of aliphatic imine (C=N–C) groups is 1. The summed E-state index contributed by atoms with van der Waals surface area (Å²) < 4.78 is 0. The van der Waals surface area contributed by atoms with Gasteiger partial charge in [0, 0.05) is 43.9 Å². The van der Waals surface area contributed by atoms with Crippen LogP contribution >= 0.6 is 0 Å². The number of nitrogens with one attached hydrogen (secondary N) is 2. The van der Waals surface area contributed by atoms with Crippen molar-refractivity contribution in [2.75, 3.05) is 20.1 Å². The number of benzene rings is 1. The van der Waals surface area contributed by atoms with E-state index in [1.54, 1.807) is 0 Å². The highest BCUT2D eigenvalue weighted by molar-refractivity contribution is 5.79. The molecule has 126 valence electrons. The fourth-order valence-electron chi connectivity index (χ4n) is 3.19. The molecule has 0 amide bonds. The Hall–Kier alpha value is -2.36. The van der Waals surface area contributed by atoms with Crippen LogP contribution in [0.4, 0.5) is 0 Å². The maximum Gasteiger partial charge on any atom is 0.191 e. The van der Waals surface area contributed by atoms with E-state index < -0.39 is 0 Å². The van der Waals surface area contributed by atoms with Crippen molar-refractivity contribution in [3.63, 3.8) is 0 Å². The fourth-order valence-corrected chi connectivity index (χ4v) is 3.19. The smallest absolute Gasteiger partial charge is 0.191 e. The zero-order valence-electron chi connectivity index (χ0n) is 14.5. The van der Waals surface area contributed by atoms with Crippen molar-refractivity contribution in [3.05, 3.63) is 65.5 Å². The van der Waals surface area contributed by atoms with Crippen molar-refractivity contribution in [1.82, 2.24) is 15.6 Å². The van der Waals surface area contributed by atoms with Crippen LogP contribution in [0.5, 0.6) is 0 Å². The Kier molecular flexibility index (Phi) is 5.14. The Morgan fingerprint density at radius 3 is 2.58 bits per heavy atom. The number of hydrogen-bond donors (Lipinski definition) is 2. The second-order valence-electron chi connectivity index (χ2n) is 6.52. The van der Waals surface area contributed by atoms with E-state index in [2.05, 4.69) is 57.9 Å². The Bertz CT molecular complexity index is 690. The predicted molar refractivity (Wildman–Crippen MR) is 99.4 cm³/mol. The molecule has 1 aliphatic rings. The molecule has 0 radical (unpaired) electrons. The van der Waals surface area contributed by atoms with E-state index >= 15 is 0 Å². The lowest BCUT2D eigenvalue weighted by Gasteiger charge is -2.20. The molecular weight excluding hydrogens is 296 g/mol. The average molecular weight is 322 g/mol. The first-order valence-corrected chi connectivity index (χ1v) is 8.64. The molecule has 2 N–H and O–H groups in total. The number of rotatable bonds is 6. The van der Waals surface area contributed by atoms with Gasteiger partial charge in [0.2, 0.25) is 0 Å². The van der Waals surface area contributed by atoms with E-state index in [0.717, 1.165) is 31.2 Å². The molecule has 0 saturated heterocycles. The molecule has 1 heterocycles. The van der Waals surface area contributed by atoms with Gasteiger partial charge in [0.1, 0.15) is 0 Å². The molecule has 0 unspecified atom stereocenters. The summed E-state index contributed by atoms with van der Waals surface area (Å²) in [5, 5.41) is 6.89. The highest BCUT2D eigenvalue weighted by Crippen LogP contribution is 2.48. The second kappa shape index (κ2) is 7.47. The lowest BCUT2D eigenvalue weighted by atomic mass is 9.92. The summed E-state index contributed by atoms with van der Waals surface area (Å²) in [6, 6.07) is 14.7. The maximum atomic E-state index is 4.35. The van der Waals surface area contributed by atoms with Crippen molar-refractivity contribution in [2.45, 2.75) is 31.6 Å². The molecule has 3 rings (SSSR count). The normalized spacial score (nSPS) is 15.8. The van der Waals surface area contributed by atoms with Gasteiger partial charge in [-0.25, -0.2) is 0 Å². The number of aryl methyl sites for hydroxylation is 1. The Morgan fingerprint density at radius 1 is 1.12 bits per heavy atom. The minimum Gasteiger partial charge on any atom is -0.356 e. The summed E-state index contributed by atoms with van der Waals surface area (Å²) in [4.78, 5) is 8.69. The molecule has 0 aliphatic heterocycles. The summed E-state index contributed by atoms with van der Waals surface area (Å²) in [5.41, 5.74) is 4.24. The molecule has 1 aromatic carbocycles. The number of hydrogen-bond acceptors (Lipinski definition) is 2. The van der Waals surface area contributed by atoms with Crippen molar-refractivity contribution in [2.24, 2.45) is 4.99 Å². The fraction of sp³-hybridized carbons (Fsp3) is 0.400. The first-order chi connectivity index (χ1) is 11.7. The van der Waals surface area contributed by atoms with E-state index in [1.165, 1.54) is 24.0 Å². The van der Waals surface area contributed by atoms with Gasteiger partial charge in [-0.15, -0.1) is 0 Å². The lowest BCUT2D eigenvalue weighted by Crippen LogP contribution is -2.42.